The van der Waals surface area contributed by atoms with Crippen LogP contribution in [0.4, 0.5) is 31.3 Å². The number of nitrogen functional groups attached to an aromatic ring is 2. The predicted octanol–water partition coefficient (Wildman–Crippen LogP) is 2.41. The highest BCUT2D eigenvalue weighted by atomic mass is 32.7. The second kappa shape index (κ2) is 29.3. The van der Waals surface area contributed by atoms with Gasteiger partial charge in [0.05, 0.1) is 31.9 Å². The number of ether oxygens (including phenoxy) is 4. The average molecular weight is 1350 g/mol. The van der Waals surface area contributed by atoms with Crippen molar-refractivity contribution in [2.45, 2.75) is 114 Å². The van der Waals surface area contributed by atoms with E-state index in [-0.39, 0.29) is 98.7 Å². The third-order valence-electron chi connectivity index (χ3n) is 14.9. The van der Waals surface area contributed by atoms with Gasteiger partial charge in [-0.1, -0.05) is 38.2 Å². The first kappa shape index (κ1) is 67.7. The summed E-state index contributed by atoms with van der Waals surface area (Å²) >= 11 is 9.61. The lowest BCUT2D eigenvalue weighted by molar-refractivity contribution is -0.158. The molecule has 0 aliphatic carbocycles. The molecule has 34 nitrogen and oxygen atoms in total. The number of nitrogens with two attached hydrogens (primary N) is 3. The summed E-state index contributed by atoms with van der Waals surface area (Å²) in [6.45, 7) is -7.35. The molecule has 4 aliphatic heterocycles. The van der Waals surface area contributed by atoms with Crippen LogP contribution in [0.1, 0.15) is 70.4 Å². The van der Waals surface area contributed by atoms with E-state index < -0.39 is 141 Å². The lowest BCUT2D eigenvalue weighted by Crippen LogP contribution is -2.46. The molecule has 7 amide bonds. The van der Waals surface area contributed by atoms with Crippen molar-refractivity contribution >= 4 is 125 Å². The fraction of sp³-hybridized carbons (Fsp3) is 0.500. The molecular weight excluding hydrogens is 1280 g/mol. The highest BCUT2D eigenvalue weighted by Crippen LogP contribution is 2.59. The van der Waals surface area contributed by atoms with Gasteiger partial charge < -0.3 is 66.4 Å². The molecule has 0 radical (unpaired) electrons. The first-order chi connectivity index (χ1) is 43.3. The number of carbonyl (C=O) groups excluding carboxylic acids is 8. The fourth-order valence-corrected chi connectivity index (χ4v) is 13.2. The number of hydrogen-bond acceptors (Lipinski definition) is 26. The Labute approximate surface area is 527 Å². The van der Waals surface area contributed by atoms with E-state index in [4.69, 9.17) is 66.1 Å². The average Bonchev–Trinajstić information content (AvgIpc) is 2.26. The van der Waals surface area contributed by atoms with Gasteiger partial charge in [0.1, 0.15) is 54.7 Å². The van der Waals surface area contributed by atoms with Crippen LogP contribution in [0.25, 0.3) is 22.3 Å². The van der Waals surface area contributed by atoms with E-state index >= 15 is 4.39 Å². The van der Waals surface area contributed by atoms with Crippen LogP contribution in [0.2, 0.25) is 0 Å². The molecule has 4 aliphatic rings. The number of nitrogens with zero attached hydrogens (tertiary/aromatic N) is 10. The zero-order valence-corrected chi connectivity index (χ0v) is 52.3. The van der Waals surface area contributed by atoms with E-state index in [1.807, 2.05) is 0 Å². The van der Waals surface area contributed by atoms with Crippen LogP contribution >= 0.6 is 25.8 Å². The molecule has 3 saturated heterocycles. The second-order valence-electron chi connectivity index (χ2n) is 21.6. The lowest BCUT2D eigenvalue weighted by Gasteiger charge is -2.30. The second-order valence-corrected chi connectivity index (χ2v) is 27.3. The lowest BCUT2D eigenvalue weighted by atomic mass is 9.89. The first-order valence-electron chi connectivity index (χ1n) is 28.2. The summed E-state index contributed by atoms with van der Waals surface area (Å²) in [5.41, 5.74) is 18.6. The number of Topliss-reactive ketones (excluding diaryl/α,β-unsaturated/α-hetero) is 1. The van der Waals surface area contributed by atoms with Gasteiger partial charge >= 0.3 is 31.6 Å². The molecular formula is C52H65FN16O18P2S2. The van der Waals surface area contributed by atoms with Crippen molar-refractivity contribution in [1.29, 1.82) is 0 Å². The molecule has 0 saturated carbocycles. The Hall–Kier alpha value is -7.70. The maximum absolute atomic E-state index is 16.5. The van der Waals surface area contributed by atoms with Crippen molar-refractivity contribution in [3.63, 3.8) is 0 Å². The molecule has 10 N–H and O–H groups in total. The molecule has 1 aromatic carbocycles. The summed E-state index contributed by atoms with van der Waals surface area (Å²) in [5.74, 6) is -4.83. The molecule has 0 bridgehead atoms. The molecule has 12 atom stereocenters. The van der Waals surface area contributed by atoms with Gasteiger partial charge in [0, 0.05) is 69.7 Å². The Bertz CT molecular complexity index is 3680. The van der Waals surface area contributed by atoms with Gasteiger partial charge in [-0.05, 0) is 54.7 Å². The number of imidazole rings is 2. The zero-order chi connectivity index (χ0) is 65.5. The Morgan fingerprint density at radius 2 is 1.48 bits per heavy atom. The standard InChI is InChI=1S/C52H65FN16O18P2S2/c1-26(2)38(65-33(71)14-17-67-34(72)12-13-35(67)73)30(70)18-28(6-4-15-57-51(56)76)48(75)64-29-10-8-27(9-11-29)19-80-52(77)66(3)16-5-7-36(74)85-43-42-32(84-50(43)69-25-63-40-45(55)59-23-61-47(40)69)21-82-88(78,90)86-41-31(20-81-89(79,91)87-42)83-49(37(41)53)68-24-62-39-44(54)58-22-60-46(39)68/h8-13,22-26,28,31-32,37-38,41-43,49-50H,4-7,14-21H2,1-3H3,(H,64,75)(H,65,71)(H,78,90)(H,79,91)(H2,54,58,60)(H2,55,59,61)(H3,56,57,76)/t28-,31-,32-,37-,38+,41-,42-,43-,49-,50-,88?,89?/m1/s1. The number of primary amides is 1. The van der Waals surface area contributed by atoms with Gasteiger partial charge in [-0.3, -0.25) is 56.4 Å². The number of hydrogen-bond donors (Lipinski definition) is 8. The Kier molecular flexibility index (Phi) is 21.8. The molecule has 9 rings (SSSR count). The summed E-state index contributed by atoms with van der Waals surface area (Å²) in [6.07, 6.45) is -6.91. The van der Waals surface area contributed by atoms with Gasteiger partial charge in [0.25, 0.3) is 11.8 Å². The highest BCUT2D eigenvalue weighted by Gasteiger charge is 2.55. The predicted molar refractivity (Wildman–Crippen MR) is 321 cm³/mol. The third kappa shape index (κ3) is 16.7. The van der Waals surface area contributed by atoms with Crippen molar-refractivity contribution in [2.24, 2.45) is 17.6 Å². The van der Waals surface area contributed by atoms with Crippen LogP contribution in [0.3, 0.4) is 0 Å². The number of nitrogens with one attached hydrogen (secondary N) is 3. The highest BCUT2D eigenvalue weighted by molar-refractivity contribution is 8.44. The molecule has 0 spiro atoms. The van der Waals surface area contributed by atoms with Crippen LogP contribution in [0.15, 0.2) is 61.7 Å². The molecule has 91 heavy (non-hydrogen) atoms. The van der Waals surface area contributed by atoms with E-state index in [1.54, 1.807) is 38.1 Å². The van der Waals surface area contributed by atoms with E-state index in [9.17, 15) is 47.8 Å². The van der Waals surface area contributed by atoms with Crippen LogP contribution in [-0.4, -0.2) is 184 Å². The van der Waals surface area contributed by atoms with E-state index in [2.05, 4.69) is 58.1 Å². The number of urea groups is 1. The summed E-state index contributed by atoms with van der Waals surface area (Å²) in [6, 6.07) is 4.52. The maximum Gasteiger partial charge on any atom is 0.409 e. The van der Waals surface area contributed by atoms with Crippen molar-refractivity contribution in [1.82, 2.24) is 59.5 Å². The molecule has 3 fully saturated rings. The number of carbonyl (C=O) groups is 8. The normalized spacial score (nSPS) is 25.7. The number of aromatic nitrogens is 8. The van der Waals surface area contributed by atoms with Crippen molar-refractivity contribution in [3.05, 3.63) is 67.3 Å². The van der Waals surface area contributed by atoms with Gasteiger partial charge in [0.15, 0.2) is 53.4 Å². The summed E-state index contributed by atoms with van der Waals surface area (Å²) in [7, 11) is 1.44. The summed E-state index contributed by atoms with van der Waals surface area (Å²) in [5, 5.41) is 7.91. The van der Waals surface area contributed by atoms with E-state index in [1.165, 1.54) is 33.7 Å². The third-order valence-corrected chi connectivity index (χ3v) is 18.0. The quantitative estimate of drug-likeness (QED) is 0.0153. The smallest absolute Gasteiger partial charge is 0.409 e. The zero-order valence-electron chi connectivity index (χ0n) is 48.8. The number of rotatable bonds is 23. The number of benzene rings is 1. The van der Waals surface area contributed by atoms with Gasteiger partial charge in [0.2, 0.25) is 11.8 Å². The number of anilines is 3. The first-order valence-corrected chi connectivity index (χ1v) is 33.5. The van der Waals surface area contributed by atoms with Crippen molar-refractivity contribution in [2.75, 3.05) is 56.7 Å². The van der Waals surface area contributed by atoms with E-state index in [0.717, 1.165) is 29.7 Å². The summed E-state index contributed by atoms with van der Waals surface area (Å²) < 4.78 is 80.1. The minimum absolute atomic E-state index is 0.00713. The maximum atomic E-state index is 16.5. The van der Waals surface area contributed by atoms with Crippen LogP contribution in [0.5, 0.6) is 0 Å². The van der Waals surface area contributed by atoms with Crippen LogP contribution < -0.4 is 33.2 Å². The number of thiol groups is 1. The molecule has 4 aromatic heterocycles. The SMILES string of the molecule is CC(C)[C@H](NC(=O)CCN1C(=O)C=CC1=O)C(=O)C[C@@H](CCCNC(N)=O)C(=O)Nc1ccc(COC(=O)N(C)CCCC(=O)O[C@@H]2[C@@H]3OP(O)(=S)OC[C@H]4O[C@@H](n5cnc6c(N)ncnc65)[C@H](F)[C@@H]4OP(=O)(S)OC[C@H]3O[C@H]2n2cnc3c(N)ncnc32)cc1. The number of alkyl halides is 1. The Balaban J connectivity index is 0.797. The molecule has 8 heterocycles. The number of fused-ring (bicyclic) bond motifs is 4. The number of halogens is 1. The monoisotopic (exact) mass is 1350 g/mol. The molecule has 5 aromatic rings. The molecule has 2 unspecified atom stereocenters. The fourth-order valence-electron chi connectivity index (χ4n) is 10.2. The summed E-state index contributed by atoms with van der Waals surface area (Å²) in [4.78, 5) is 141. The Morgan fingerprint density at radius 3 is 2.12 bits per heavy atom. The van der Waals surface area contributed by atoms with Crippen LogP contribution in [0, 0.1) is 11.8 Å². The van der Waals surface area contributed by atoms with E-state index in [0.29, 0.717) is 11.3 Å². The van der Waals surface area contributed by atoms with Crippen molar-refractivity contribution in [3.8, 4) is 0 Å². The van der Waals surface area contributed by atoms with Gasteiger partial charge in [-0.15, -0.1) is 0 Å². The number of ketones is 1. The minimum atomic E-state index is -4.57. The van der Waals surface area contributed by atoms with Gasteiger partial charge in [-0.2, -0.15) is 0 Å². The molecule has 490 valence electrons. The van der Waals surface area contributed by atoms with Gasteiger partial charge in [-0.25, -0.2) is 48.4 Å². The number of amides is 7. The topological polar surface area (TPSA) is 456 Å². The number of esters is 1. The largest absolute Gasteiger partial charge is 0.455 e. The van der Waals surface area contributed by atoms with Crippen LogP contribution in [-0.2, 0) is 88.8 Å². The minimum Gasteiger partial charge on any atom is -0.455 e. The van der Waals surface area contributed by atoms with Crippen molar-refractivity contribution < 1.29 is 89.2 Å². The Morgan fingerprint density at radius 1 is 0.868 bits per heavy atom. The number of imide groups is 1. The molecule has 39 heteroatoms.